The Labute approximate surface area is 225 Å². The van der Waals surface area contributed by atoms with Crippen LogP contribution in [0.5, 0.6) is 0 Å². The van der Waals surface area contributed by atoms with Crippen LogP contribution in [-0.4, -0.2) is 18.2 Å². The number of amides is 1. The van der Waals surface area contributed by atoms with Gasteiger partial charge in [-0.05, 0) is 85.8 Å². The van der Waals surface area contributed by atoms with Crippen molar-refractivity contribution in [3.05, 3.63) is 45.6 Å². The maximum absolute atomic E-state index is 14.0. The van der Waals surface area contributed by atoms with Gasteiger partial charge in [-0.25, -0.2) is 0 Å². The molecule has 0 bridgehead atoms. The lowest BCUT2D eigenvalue weighted by Crippen LogP contribution is -2.58. The maximum atomic E-state index is 14.0. The smallest absolute Gasteiger partial charge is 0.224 e. The molecular weight excluding hydrogens is 491 g/mol. The van der Waals surface area contributed by atoms with E-state index in [1.54, 1.807) is 0 Å². The Morgan fingerprint density at radius 1 is 0.972 bits per heavy atom. The van der Waals surface area contributed by atoms with E-state index in [1.165, 1.54) is 5.56 Å². The fourth-order valence-corrected chi connectivity index (χ4v) is 9.72. The highest BCUT2D eigenvalue weighted by Gasteiger charge is 2.61. The number of piperidine rings is 1. The highest BCUT2D eigenvalue weighted by molar-refractivity contribution is 6.43. The third-order valence-corrected chi connectivity index (χ3v) is 11.9. The number of ketones is 1. The summed E-state index contributed by atoms with van der Waals surface area (Å²) >= 11 is 12.7. The molecule has 0 unspecified atom stereocenters. The molecule has 1 saturated heterocycles. The van der Waals surface area contributed by atoms with Crippen LogP contribution in [0.1, 0.15) is 83.6 Å². The highest BCUT2D eigenvalue weighted by Crippen LogP contribution is 2.64. The Kier molecular flexibility index (Phi) is 6.04. The van der Waals surface area contributed by atoms with Crippen molar-refractivity contribution in [1.82, 2.24) is 10.6 Å². The third kappa shape index (κ3) is 3.61. The zero-order valence-corrected chi connectivity index (χ0v) is 23.0. The van der Waals surface area contributed by atoms with Crippen LogP contribution in [0.3, 0.4) is 0 Å². The lowest BCUT2D eigenvalue weighted by atomic mass is 9.50. The molecule has 194 valence electrons. The number of nitrogens with one attached hydrogen (secondary N) is 2. The maximum Gasteiger partial charge on any atom is 0.224 e. The number of halogens is 2. The number of fused-ring (bicyclic) bond motifs is 5. The molecule has 6 rings (SSSR count). The van der Waals surface area contributed by atoms with Crippen LogP contribution in [0.15, 0.2) is 35.0 Å². The summed E-state index contributed by atoms with van der Waals surface area (Å²) in [6, 6.07) is 8.08. The van der Waals surface area contributed by atoms with Crippen molar-refractivity contribution in [1.29, 1.82) is 0 Å². The molecule has 0 aromatic heterocycles. The third-order valence-electron chi connectivity index (χ3n) is 11.2. The zero-order chi connectivity index (χ0) is 25.3. The fraction of sp³-hybridized carbons (Fsp3) is 0.667. The summed E-state index contributed by atoms with van der Waals surface area (Å²) in [5.41, 5.74) is 1.87. The predicted octanol–water partition coefficient (Wildman–Crippen LogP) is 6.71. The van der Waals surface area contributed by atoms with Gasteiger partial charge in [0.15, 0.2) is 5.78 Å². The van der Waals surface area contributed by atoms with Gasteiger partial charge in [0.2, 0.25) is 5.91 Å². The highest BCUT2D eigenvalue weighted by atomic mass is 35.5. The largest absolute Gasteiger partial charge is 0.386 e. The first-order chi connectivity index (χ1) is 17.2. The molecule has 36 heavy (non-hydrogen) atoms. The minimum atomic E-state index is -0.266. The first-order valence-electron chi connectivity index (χ1n) is 13.9. The lowest BCUT2D eigenvalue weighted by molar-refractivity contribution is -0.134. The van der Waals surface area contributed by atoms with Crippen molar-refractivity contribution in [2.45, 2.75) is 83.6 Å². The van der Waals surface area contributed by atoms with E-state index in [4.69, 9.17) is 23.2 Å². The quantitative estimate of drug-likeness (QED) is 0.458. The predicted molar refractivity (Wildman–Crippen MR) is 144 cm³/mol. The van der Waals surface area contributed by atoms with Gasteiger partial charge in [-0.1, -0.05) is 62.0 Å². The Morgan fingerprint density at radius 3 is 2.42 bits per heavy atom. The number of carbonyl (C=O) groups is 2. The second-order valence-corrected chi connectivity index (χ2v) is 13.6. The van der Waals surface area contributed by atoms with Crippen molar-refractivity contribution in [2.75, 3.05) is 6.54 Å². The van der Waals surface area contributed by atoms with E-state index in [0.29, 0.717) is 29.2 Å². The van der Waals surface area contributed by atoms with Gasteiger partial charge in [0.1, 0.15) is 5.03 Å². The van der Waals surface area contributed by atoms with Crippen LogP contribution in [0.2, 0.25) is 5.02 Å². The van der Waals surface area contributed by atoms with Crippen molar-refractivity contribution < 1.29 is 9.59 Å². The second-order valence-electron chi connectivity index (χ2n) is 12.7. The van der Waals surface area contributed by atoms with Crippen LogP contribution in [0.4, 0.5) is 0 Å². The van der Waals surface area contributed by atoms with Crippen LogP contribution >= 0.6 is 23.2 Å². The van der Waals surface area contributed by atoms with E-state index >= 15 is 0 Å². The summed E-state index contributed by atoms with van der Waals surface area (Å²) in [7, 11) is 0. The molecule has 3 saturated carbocycles. The standard InChI is InChI=1S/C30H38Cl2N2O2/c1-28-15-11-22-20(17-33-26-25(32)24(35)12-16-29(22,26)2)21(28)9-10-23(28)27(36)34-30(13-3-4-14-30)18-5-7-19(31)8-6-18/h5-8,20-23,33H,3-4,9-17H2,1-2H3,(H,34,36)/t20-,21-,22-,23+,28-,29+/m0/s1. The molecule has 0 spiro atoms. The zero-order valence-electron chi connectivity index (χ0n) is 21.5. The first kappa shape index (κ1) is 24.8. The van der Waals surface area contributed by atoms with Gasteiger partial charge < -0.3 is 10.6 Å². The van der Waals surface area contributed by atoms with Gasteiger partial charge in [-0.15, -0.1) is 0 Å². The molecule has 1 amide bonds. The van der Waals surface area contributed by atoms with Gasteiger partial charge in [-0.2, -0.15) is 0 Å². The van der Waals surface area contributed by atoms with Gasteiger partial charge in [0, 0.05) is 35.0 Å². The monoisotopic (exact) mass is 528 g/mol. The molecule has 4 nitrogen and oxygen atoms in total. The Morgan fingerprint density at radius 2 is 1.69 bits per heavy atom. The molecule has 4 aliphatic carbocycles. The molecule has 6 heteroatoms. The average molecular weight is 530 g/mol. The van der Waals surface area contributed by atoms with E-state index in [0.717, 1.165) is 75.1 Å². The molecule has 1 heterocycles. The summed E-state index contributed by atoms with van der Waals surface area (Å²) in [5, 5.41) is 8.39. The van der Waals surface area contributed by atoms with Crippen molar-refractivity contribution in [3.63, 3.8) is 0 Å². The van der Waals surface area contributed by atoms with Crippen LogP contribution < -0.4 is 10.6 Å². The average Bonchev–Trinajstić information content (AvgIpc) is 3.47. The second kappa shape index (κ2) is 8.76. The number of benzene rings is 1. The number of hydrogen-bond acceptors (Lipinski definition) is 3. The van der Waals surface area contributed by atoms with Crippen LogP contribution in [0.25, 0.3) is 0 Å². The number of allylic oxidation sites excluding steroid dienone is 2. The summed E-state index contributed by atoms with van der Waals surface area (Å²) < 4.78 is 0. The van der Waals surface area contributed by atoms with E-state index < -0.39 is 0 Å². The van der Waals surface area contributed by atoms with E-state index in [1.807, 2.05) is 12.1 Å². The number of rotatable bonds is 3. The van der Waals surface area contributed by atoms with Crippen molar-refractivity contribution in [3.8, 4) is 0 Å². The van der Waals surface area contributed by atoms with E-state index in [9.17, 15) is 9.59 Å². The van der Waals surface area contributed by atoms with Crippen LogP contribution in [-0.2, 0) is 15.1 Å². The Hall–Kier alpha value is -1.52. The van der Waals surface area contributed by atoms with Crippen LogP contribution in [0, 0.1) is 34.5 Å². The molecule has 6 atom stereocenters. The molecule has 5 aliphatic rings. The Balaban J connectivity index is 1.24. The summed E-state index contributed by atoms with van der Waals surface area (Å²) in [4.78, 5) is 26.3. The molecule has 4 fully saturated rings. The lowest BCUT2D eigenvalue weighted by Gasteiger charge is -2.58. The van der Waals surface area contributed by atoms with Gasteiger partial charge >= 0.3 is 0 Å². The normalized spacial score (nSPS) is 39.2. The SMILES string of the molecule is C[C@]12CC[C@H]3[C@@H](CNC4=C(Cl)C(=O)CC[C@@]43C)[C@@H]1CC[C@@H]2C(=O)NC1(c2ccc(Cl)cc2)CCCC1. The molecule has 1 aromatic carbocycles. The van der Waals surface area contributed by atoms with Crippen molar-refractivity contribution in [2.24, 2.45) is 34.5 Å². The molecule has 1 aromatic rings. The van der Waals surface area contributed by atoms with Gasteiger partial charge in [-0.3, -0.25) is 9.59 Å². The number of Topliss-reactive ketones (excluding diaryl/α,β-unsaturated/α-hetero) is 1. The Bertz CT molecular complexity index is 1110. The van der Waals surface area contributed by atoms with Gasteiger partial charge in [0.05, 0.1) is 5.54 Å². The molecule has 1 aliphatic heterocycles. The molecular formula is C30H38Cl2N2O2. The molecule has 0 radical (unpaired) electrons. The minimum Gasteiger partial charge on any atom is -0.386 e. The fourth-order valence-electron chi connectivity index (χ4n) is 9.22. The first-order valence-corrected chi connectivity index (χ1v) is 14.7. The summed E-state index contributed by atoms with van der Waals surface area (Å²) in [5.74, 6) is 1.93. The number of hydrogen-bond donors (Lipinski definition) is 2. The number of carbonyl (C=O) groups excluding carboxylic acids is 2. The summed E-state index contributed by atoms with van der Waals surface area (Å²) in [6.07, 6.45) is 9.93. The van der Waals surface area contributed by atoms with E-state index in [-0.39, 0.29) is 34.0 Å². The minimum absolute atomic E-state index is 0.0125. The van der Waals surface area contributed by atoms with E-state index in [2.05, 4.69) is 36.6 Å². The van der Waals surface area contributed by atoms with Crippen molar-refractivity contribution >= 4 is 34.9 Å². The topological polar surface area (TPSA) is 58.2 Å². The molecule has 2 N–H and O–H groups in total. The summed E-state index contributed by atoms with van der Waals surface area (Å²) in [6.45, 7) is 5.57. The van der Waals surface area contributed by atoms with Gasteiger partial charge in [0.25, 0.3) is 0 Å².